The van der Waals surface area contributed by atoms with Crippen LogP contribution in [0.25, 0.3) is 22.3 Å². The summed E-state index contributed by atoms with van der Waals surface area (Å²) in [6.07, 6.45) is 0. The average Bonchev–Trinajstić information content (AvgIpc) is 2.84. The number of hydrogen-bond donors (Lipinski definition) is 1. The van der Waals surface area contributed by atoms with Gasteiger partial charge in [-0.2, -0.15) is 0 Å². The van der Waals surface area contributed by atoms with Crippen molar-refractivity contribution in [1.82, 2.24) is 9.66 Å². The van der Waals surface area contributed by atoms with Gasteiger partial charge in [0.25, 0.3) is 5.56 Å². The van der Waals surface area contributed by atoms with E-state index >= 15 is 0 Å². The molecule has 1 heterocycles. The number of hydrogen-bond acceptors (Lipinski definition) is 4. The second-order valence-electron chi connectivity index (χ2n) is 7.86. The molecule has 162 valence electrons. The molecule has 5 heteroatoms. The molecule has 0 fully saturated rings. The van der Waals surface area contributed by atoms with Gasteiger partial charge in [-0.05, 0) is 55.0 Å². The lowest BCUT2D eigenvalue weighted by Crippen LogP contribution is -2.31. The van der Waals surface area contributed by atoms with E-state index in [-0.39, 0.29) is 5.56 Å². The molecule has 0 aliphatic heterocycles. The van der Waals surface area contributed by atoms with Gasteiger partial charge in [-0.15, -0.1) is 0 Å². The van der Waals surface area contributed by atoms with Gasteiger partial charge in [-0.3, -0.25) is 4.79 Å². The predicted octanol–water partition coefficient (Wildman–Crippen LogP) is 5.91. The van der Waals surface area contributed by atoms with Crippen LogP contribution in [0, 0.1) is 6.92 Å². The Hall–Kier alpha value is -4.38. The highest BCUT2D eigenvalue weighted by atomic mass is 16.5. The first kappa shape index (κ1) is 20.5. The van der Waals surface area contributed by atoms with Crippen LogP contribution in [-0.4, -0.2) is 9.66 Å². The van der Waals surface area contributed by atoms with E-state index in [1.54, 1.807) is 10.7 Å². The predicted molar refractivity (Wildman–Crippen MR) is 132 cm³/mol. The molecule has 5 nitrogen and oxygen atoms in total. The standard InChI is InChI=1S/C28H23N3O2/c1-20-9-7-11-22(17-20)27-30-26-16-6-5-15-25(26)28(32)31(27)29-19-21-10-8-14-24(18-21)33-23-12-3-2-4-13-23/h2-18,29H,19H2,1H3. The Labute approximate surface area is 191 Å². The van der Waals surface area contributed by atoms with E-state index < -0.39 is 0 Å². The topological polar surface area (TPSA) is 56.2 Å². The van der Waals surface area contributed by atoms with Crippen LogP contribution in [-0.2, 0) is 6.54 Å². The molecular formula is C28H23N3O2. The van der Waals surface area contributed by atoms with Crippen molar-refractivity contribution in [2.75, 3.05) is 5.43 Å². The largest absolute Gasteiger partial charge is 0.457 e. The van der Waals surface area contributed by atoms with Crippen LogP contribution in [0.1, 0.15) is 11.1 Å². The first-order chi connectivity index (χ1) is 16.2. The third-order valence-electron chi connectivity index (χ3n) is 5.37. The van der Waals surface area contributed by atoms with E-state index in [4.69, 9.17) is 9.72 Å². The number of aromatic nitrogens is 2. The number of ether oxygens (including phenoxy) is 1. The highest BCUT2D eigenvalue weighted by molar-refractivity contribution is 5.79. The van der Waals surface area contributed by atoms with E-state index in [2.05, 4.69) is 5.43 Å². The lowest BCUT2D eigenvalue weighted by molar-refractivity contribution is 0.482. The number of para-hydroxylation sites is 2. The molecule has 1 aromatic heterocycles. The number of aryl methyl sites for hydroxylation is 1. The highest BCUT2D eigenvalue weighted by Gasteiger charge is 2.13. The first-order valence-corrected chi connectivity index (χ1v) is 10.8. The maximum atomic E-state index is 13.4. The normalized spacial score (nSPS) is 10.8. The molecule has 4 aromatic carbocycles. The lowest BCUT2D eigenvalue weighted by Gasteiger charge is -2.16. The molecular weight excluding hydrogens is 410 g/mol. The summed E-state index contributed by atoms with van der Waals surface area (Å²) >= 11 is 0. The minimum atomic E-state index is -0.131. The summed E-state index contributed by atoms with van der Waals surface area (Å²) < 4.78 is 7.49. The van der Waals surface area contributed by atoms with E-state index in [9.17, 15) is 4.79 Å². The van der Waals surface area contributed by atoms with Crippen molar-refractivity contribution in [3.63, 3.8) is 0 Å². The number of benzene rings is 4. The van der Waals surface area contributed by atoms with Crippen LogP contribution in [0.4, 0.5) is 0 Å². The number of nitrogens with zero attached hydrogens (tertiary/aromatic N) is 2. The molecule has 0 bridgehead atoms. The van der Waals surface area contributed by atoms with Crippen LogP contribution < -0.4 is 15.7 Å². The first-order valence-electron chi connectivity index (χ1n) is 10.8. The van der Waals surface area contributed by atoms with Crippen molar-refractivity contribution >= 4 is 10.9 Å². The monoisotopic (exact) mass is 433 g/mol. The van der Waals surface area contributed by atoms with E-state index in [1.165, 1.54) is 0 Å². The zero-order valence-electron chi connectivity index (χ0n) is 18.2. The van der Waals surface area contributed by atoms with Gasteiger partial charge in [0.05, 0.1) is 17.4 Å². The van der Waals surface area contributed by atoms with Crippen molar-refractivity contribution in [2.45, 2.75) is 13.5 Å². The second-order valence-corrected chi connectivity index (χ2v) is 7.86. The number of nitrogens with one attached hydrogen (secondary N) is 1. The summed E-state index contributed by atoms with van der Waals surface area (Å²) in [6.45, 7) is 2.46. The fourth-order valence-electron chi connectivity index (χ4n) is 3.77. The molecule has 0 aliphatic rings. The fourth-order valence-corrected chi connectivity index (χ4v) is 3.77. The second kappa shape index (κ2) is 9.01. The van der Waals surface area contributed by atoms with Crippen LogP contribution in [0.2, 0.25) is 0 Å². The Kier molecular flexibility index (Phi) is 5.60. The molecule has 0 aliphatic carbocycles. The number of rotatable bonds is 6. The highest BCUT2D eigenvalue weighted by Crippen LogP contribution is 2.23. The van der Waals surface area contributed by atoms with Crippen molar-refractivity contribution in [3.8, 4) is 22.9 Å². The van der Waals surface area contributed by atoms with Crippen molar-refractivity contribution in [2.24, 2.45) is 0 Å². The van der Waals surface area contributed by atoms with Gasteiger partial charge in [0.1, 0.15) is 11.5 Å². The molecule has 0 radical (unpaired) electrons. The zero-order valence-corrected chi connectivity index (χ0v) is 18.2. The van der Waals surface area contributed by atoms with Crippen molar-refractivity contribution < 1.29 is 4.74 Å². The Morgan fingerprint density at radius 3 is 2.42 bits per heavy atom. The third-order valence-corrected chi connectivity index (χ3v) is 5.37. The molecule has 5 rings (SSSR count). The SMILES string of the molecule is Cc1cccc(-c2nc3ccccc3c(=O)n2NCc2cccc(Oc3ccccc3)c2)c1. The minimum Gasteiger partial charge on any atom is -0.457 e. The van der Waals surface area contributed by atoms with Gasteiger partial charge < -0.3 is 10.2 Å². The summed E-state index contributed by atoms with van der Waals surface area (Å²) in [5.41, 5.74) is 6.80. The average molecular weight is 434 g/mol. The molecule has 5 aromatic rings. The maximum Gasteiger partial charge on any atom is 0.280 e. The third kappa shape index (κ3) is 4.48. The Bertz CT molecular complexity index is 1480. The summed E-state index contributed by atoms with van der Waals surface area (Å²) in [6, 6.07) is 32.9. The summed E-state index contributed by atoms with van der Waals surface area (Å²) in [5.74, 6) is 2.10. The van der Waals surface area contributed by atoms with Gasteiger partial charge in [0.2, 0.25) is 0 Å². The lowest BCUT2D eigenvalue weighted by atomic mass is 10.1. The van der Waals surface area contributed by atoms with Crippen LogP contribution in [0.15, 0.2) is 108 Å². The van der Waals surface area contributed by atoms with Crippen LogP contribution >= 0.6 is 0 Å². The van der Waals surface area contributed by atoms with Crippen LogP contribution in [0.5, 0.6) is 11.5 Å². The molecule has 1 N–H and O–H groups in total. The Morgan fingerprint density at radius 2 is 1.58 bits per heavy atom. The minimum absolute atomic E-state index is 0.131. The molecule has 0 saturated heterocycles. The molecule has 0 saturated carbocycles. The van der Waals surface area contributed by atoms with Crippen LogP contribution in [0.3, 0.4) is 0 Å². The van der Waals surface area contributed by atoms with Gasteiger partial charge >= 0.3 is 0 Å². The molecule has 0 atom stereocenters. The zero-order chi connectivity index (χ0) is 22.6. The summed E-state index contributed by atoms with van der Waals surface area (Å²) in [5, 5.41) is 0.572. The van der Waals surface area contributed by atoms with E-state index in [0.29, 0.717) is 23.3 Å². The van der Waals surface area contributed by atoms with E-state index in [1.807, 2.05) is 104 Å². The van der Waals surface area contributed by atoms with Gasteiger partial charge in [0.15, 0.2) is 5.82 Å². The van der Waals surface area contributed by atoms with Gasteiger partial charge in [0, 0.05) is 5.56 Å². The Balaban J connectivity index is 1.49. The smallest absolute Gasteiger partial charge is 0.280 e. The van der Waals surface area contributed by atoms with Crippen molar-refractivity contribution in [3.05, 3.63) is 125 Å². The quantitative estimate of drug-likeness (QED) is 0.362. The molecule has 0 amide bonds. The summed E-state index contributed by atoms with van der Waals surface area (Å²) in [7, 11) is 0. The molecule has 33 heavy (non-hydrogen) atoms. The van der Waals surface area contributed by atoms with Crippen molar-refractivity contribution in [1.29, 1.82) is 0 Å². The molecule has 0 unspecified atom stereocenters. The number of fused-ring (bicyclic) bond motifs is 1. The fraction of sp³-hybridized carbons (Fsp3) is 0.0714. The molecule has 0 spiro atoms. The summed E-state index contributed by atoms with van der Waals surface area (Å²) in [4.78, 5) is 18.2. The van der Waals surface area contributed by atoms with Gasteiger partial charge in [-0.25, -0.2) is 9.66 Å². The van der Waals surface area contributed by atoms with Gasteiger partial charge in [-0.1, -0.05) is 66.2 Å². The maximum absolute atomic E-state index is 13.4. The Morgan fingerprint density at radius 1 is 0.818 bits per heavy atom. The van der Waals surface area contributed by atoms with E-state index in [0.717, 1.165) is 28.2 Å².